The molecule has 1 saturated heterocycles. The number of sulfonamides is 1. The lowest BCUT2D eigenvalue weighted by Crippen LogP contribution is -2.42. The molecule has 0 unspecified atom stereocenters. The highest BCUT2D eigenvalue weighted by Gasteiger charge is 2.23. The Morgan fingerprint density at radius 2 is 2.04 bits per heavy atom. The van der Waals surface area contributed by atoms with E-state index >= 15 is 0 Å². The fourth-order valence-corrected chi connectivity index (χ4v) is 4.62. The summed E-state index contributed by atoms with van der Waals surface area (Å²) in [6, 6.07) is 5.46. The highest BCUT2D eigenvalue weighted by Crippen LogP contribution is 2.27. The number of anilines is 1. The van der Waals surface area contributed by atoms with Crippen molar-refractivity contribution in [3.63, 3.8) is 0 Å². The fraction of sp³-hybridized carbons (Fsp3) is 0.579. The summed E-state index contributed by atoms with van der Waals surface area (Å²) in [6.45, 7) is 6.14. The van der Waals surface area contributed by atoms with Gasteiger partial charge >= 0.3 is 0 Å². The second-order valence-corrected chi connectivity index (χ2v) is 9.77. The Hall–Kier alpha value is -2.13. The van der Waals surface area contributed by atoms with Crippen LogP contribution in [0, 0.1) is 5.92 Å². The number of aryl methyl sites for hydroxylation is 1. The summed E-state index contributed by atoms with van der Waals surface area (Å²) in [6.07, 6.45) is 3.01. The Bertz CT molecular complexity index is 961. The maximum atomic E-state index is 12.8. The molecule has 154 valence electrons. The van der Waals surface area contributed by atoms with Crippen molar-refractivity contribution in [1.29, 1.82) is 0 Å². The second kappa shape index (κ2) is 8.08. The SMILES string of the molecule is CC(C)CN(c1ccc2c(C(=O)NC3CCNCC3)nn(C)c2c1)S(C)(=O)=O. The average molecular weight is 408 g/mol. The molecular formula is C19H29N5O3S. The van der Waals surface area contributed by atoms with Gasteiger partial charge in [-0.15, -0.1) is 0 Å². The van der Waals surface area contributed by atoms with Gasteiger partial charge in [0, 0.05) is 25.0 Å². The lowest BCUT2D eigenvalue weighted by atomic mass is 10.1. The smallest absolute Gasteiger partial charge is 0.272 e. The van der Waals surface area contributed by atoms with Crippen molar-refractivity contribution < 1.29 is 13.2 Å². The number of rotatable bonds is 6. The second-order valence-electron chi connectivity index (χ2n) is 7.86. The van der Waals surface area contributed by atoms with Gasteiger partial charge in [0.1, 0.15) is 0 Å². The van der Waals surface area contributed by atoms with Gasteiger partial charge in [-0.3, -0.25) is 13.8 Å². The summed E-state index contributed by atoms with van der Waals surface area (Å²) >= 11 is 0. The van der Waals surface area contributed by atoms with Gasteiger partial charge in [-0.2, -0.15) is 5.10 Å². The molecule has 2 N–H and O–H groups in total. The van der Waals surface area contributed by atoms with Crippen LogP contribution in [0.3, 0.4) is 0 Å². The van der Waals surface area contributed by atoms with Gasteiger partial charge in [-0.1, -0.05) is 13.8 Å². The van der Waals surface area contributed by atoms with E-state index in [1.54, 1.807) is 29.9 Å². The number of fused-ring (bicyclic) bond motifs is 1. The molecule has 8 nitrogen and oxygen atoms in total. The Labute approximate surface area is 166 Å². The Morgan fingerprint density at radius 3 is 2.64 bits per heavy atom. The first kappa shape index (κ1) is 20.6. The van der Waals surface area contributed by atoms with Crippen molar-refractivity contribution in [2.45, 2.75) is 32.7 Å². The summed E-state index contributed by atoms with van der Waals surface area (Å²) in [5.74, 6) is -0.00400. The highest BCUT2D eigenvalue weighted by atomic mass is 32.2. The third-order valence-corrected chi connectivity index (χ3v) is 6.10. The number of benzene rings is 1. The molecular weight excluding hydrogens is 378 g/mol. The van der Waals surface area contributed by atoms with Crippen molar-refractivity contribution in [2.24, 2.45) is 13.0 Å². The number of amides is 1. The van der Waals surface area contributed by atoms with Crippen LogP contribution in [0.4, 0.5) is 5.69 Å². The number of hydrogen-bond donors (Lipinski definition) is 2. The quantitative estimate of drug-likeness (QED) is 0.756. The van der Waals surface area contributed by atoms with E-state index in [0.717, 1.165) is 36.8 Å². The van der Waals surface area contributed by atoms with E-state index in [4.69, 9.17) is 0 Å². The molecule has 0 radical (unpaired) electrons. The van der Waals surface area contributed by atoms with E-state index in [-0.39, 0.29) is 17.9 Å². The van der Waals surface area contributed by atoms with Gasteiger partial charge in [0.05, 0.1) is 17.5 Å². The number of hydrogen-bond acceptors (Lipinski definition) is 5. The Balaban J connectivity index is 1.93. The van der Waals surface area contributed by atoms with E-state index in [1.807, 2.05) is 13.8 Å². The molecule has 1 aromatic heterocycles. The minimum absolute atomic E-state index is 0.150. The van der Waals surface area contributed by atoms with Gasteiger partial charge in [0.2, 0.25) is 10.0 Å². The molecule has 28 heavy (non-hydrogen) atoms. The van der Waals surface area contributed by atoms with Gasteiger partial charge in [0.15, 0.2) is 5.69 Å². The minimum Gasteiger partial charge on any atom is -0.348 e. The minimum atomic E-state index is -3.40. The number of piperidine rings is 1. The van der Waals surface area contributed by atoms with Crippen LogP contribution in [0.1, 0.15) is 37.2 Å². The summed E-state index contributed by atoms with van der Waals surface area (Å²) in [5, 5.41) is 11.5. The number of nitrogens with zero attached hydrogens (tertiary/aromatic N) is 3. The van der Waals surface area contributed by atoms with Gasteiger partial charge in [-0.25, -0.2) is 8.42 Å². The normalized spacial score (nSPS) is 15.9. The molecule has 1 aliphatic heterocycles. The van der Waals surface area contributed by atoms with Gasteiger partial charge in [0.25, 0.3) is 5.91 Å². The molecule has 0 saturated carbocycles. The molecule has 0 spiro atoms. The standard InChI is InChI=1S/C19H29N5O3S/c1-13(2)12-24(28(4,26)27)15-5-6-16-17(11-15)23(3)22-18(16)19(25)21-14-7-9-20-10-8-14/h5-6,11,13-14,20H,7-10,12H2,1-4H3,(H,21,25). The monoisotopic (exact) mass is 407 g/mol. The molecule has 3 rings (SSSR count). The van der Waals surface area contributed by atoms with Gasteiger partial charge in [-0.05, 0) is 50.0 Å². The summed E-state index contributed by atoms with van der Waals surface area (Å²) in [7, 11) is -1.64. The summed E-state index contributed by atoms with van der Waals surface area (Å²) in [4.78, 5) is 12.8. The molecule has 0 bridgehead atoms. The predicted molar refractivity (Wildman–Crippen MR) is 111 cm³/mol. The largest absolute Gasteiger partial charge is 0.348 e. The van der Waals surface area contributed by atoms with Crippen LogP contribution < -0.4 is 14.9 Å². The van der Waals surface area contributed by atoms with Crippen molar-refractivity contribution in [2.75, 3.05) is 30.2 Å². The summed E-state index contributed by atoms with van der Waals surface area (Å²) < 4.78 is 27.5. The van der Waals surface area contributed by atoms with Crippen molar-refractivity contribution in [3.05, 3.63) is 23.9 Å². The molecule has 1 aliphatic rings. The molecule has 2 aromatic rings. The Morgan fingerprint density at radius 1 is 1.36 bits per heavy atom. The van der Waals surface area contributed by atoms with Crippen LogP contribution in [0.15, 0.2) is 18.2 Å². The number of nitrogens with one attached hydrogen (secondary N) is 2. The van der Waals surface area contributed by atoms with Gasteiger partial charge < -0.3 is 10.6 Å². The van der Waals surface area contributed by atoms with Crippen LogP contribution in [0.25, 0.3) is 10.9 Å². The van der Waals surface area contributed by atoms with Crippen LogP contribution in [-0.4, -0.2) is 56.0 Å². The number of carbonyl (C=O) groups excluding carboxylic acids is 1. The van der Waals surface area contributed by atoms with Crippen molar-refractivity contribution >= 4 is 32.5 Å². The van der Waals surface area contributed by atoms with Crippen LogP contribution in [0.2, 0.25) is 0 Å². The zero-order valence-corrected chi connectivity index (χ0v) is 17.7. The van der Waals surface area contributed by atoms with E-state index in [1.165, 1.54) is 10.6 Å². The summed E-state index contributed by atoms with van der Waals surface area (Å²) in [5.41, 5.74) is 1.68. The zero-order valence-electron chi connectivity index (χ0n) is 16.9. The lowest BCUT2D eigenvalue weighted by Gasteiger charge is -2.24. The number of carbonyl (C=O) groups is 1. The maximum absolute atomic E-state index is 12.8. The van der Waals surface area contributed by atoms with Crippen LogP contribution >= 0.6 is 0 Å². The topological polar surface area (TPSA) is 96.3 Å². The molecule has 9 heteroatoms. The molecule has 2 heterocycles. The molecule has 1 amide bonds. The maximum Gasteiger partial charge on any atom is 0.272 e. The van der Waals surface area contributed by atoms with E-state index in [0.29, 0.717) is 17.9 Å². The molecule has 1 aromatic carbocycles. The van der Waals surface area contributed by atoms with Crippen molar-refractivity contribution in [1.82, 2.24) is 20.4 Å². The Kier molecular flexibility index (Phi) is 5.95. The number of aromatic nitrogens is 2. The fourth-order valence-electron chi connectivity index (χ4n) is 3.55. The third-order valence-electron chi connectivity index (χ3n) is 4.94. The third kappa shape index (κ3) is 4.47. The highest BCUT2D eigenvalue weighted by molar-refractivity contribution is 7.92. The predicted octanol–water partition coefficient (Wildman–Crippen LogP) is 1.48. The van der Waals surface area contributed by atoms with Crippen LogP contribution in [-0.2, 0) is 17.1 Å². The van der Waals surface area contributed by atoms with E-state index in [2.05, 4.69) is 15.7 Å². The van der Waals surface area contributed by atoms with E-state index in [9.17, 15) is 13.2 Å². The zero-order chi connectivity index (χ0) is 20.5. The molecule has 0 aliphatic carbocycles. The van der Waals surface area contributed by atoms with E-state index < -0.39 is 10.0 Å². The molecule has 1 fully saturated rings. The van der Waals surface area contributed by atoms with Crippen LogP contribution in [0.5, 0.6) is 0 Å². The first-order valence-corrected chi connectivity index (χ1v) is 11.5. The molecule has 0 atom stereocenters. The first-order chi connectivity index (χ1) is 13.2. The average Bonchev–Trinajstić information content (AvgIpc) is 2.96. The van der Waals surface area contributed by atoms with Crippen molar-refractivity contribution in [3.8, 4) is 0 Å². The first-order valence-electron chi connectivity index (χ1n) is 9.63. The lowest BCUT2D eigenvalue weighted by molar-refractivity contribution is 0.0925.